The van der Waals surface area contributed by atoms with Crippen molar-refractivity contribution in [1.82, 2.24) is 9.80 Å². The van der Waals surface area contributed by atoms with Crippen LogP contribution in [0.15, 0.2) is 0 Å². The molecule has 0 aromatic heterocycles. The van der Waals surface area contributed by atoms with E-state index in [4.69, 9.17) is 0 Å². The smallest absolute Gasteiger partial charge is 0.223 e. The lowest BCUT2D eigenvalue weighted by Gasteiger charge is -2.21. The summed E-state index contributed by atoms with van der Waals surface area (Å²) in [5.74, 6) is 0.284. The van der Waals surface area contributed by atoms with E-state index in [0.717, 1.165) is 19.4 Å². The van der Waals surface area contributed by atoms with Gasteiger partial charge in [0.05, 0.1) is 0 Å². The van der Waals surface area contributed by atoms with Gasteiger partial charge in [-0.3, -0.25) is 4.79 Å². The van der Waals surface area contributed by atoms with Gasteiger partial charge in [0.2, 0.25) is 5.91 Å². The molecule has 0 saturated carbocycles. The van der Waals surface area contributed by atoms with Crippen molar-refractivity contribution in [2.24, 2.45) is 0 Å². The van der Waals surface area contributed by atoms with Crippen LogP contribution in [0.1, 0.15) is 19.3 Å². The second-order valence-corrected chi connectivity index (χ2v) is 3.78. The first-order valence-electron chi connectivity index (χ1n) is 4.51. The molecule has 1 unspecified atom stereocenters. The lowest BCUT2D eigenvalue weighted by Crippen LogP contribution is -2.32. The molecule has 0 spiro atoms. The summed E-state index contributed by atoms with van der Waals surface area (Å²) < 4.78 is 0. The maximum atomic E-state index is 11.4. The molecule has 1 fully saturated rings. The molecule has 1 rings (SSSR count). The highest BCUT2D eigenvalue weighted by Gasteiger charge is 2.21. The van der Waals surface area contributed by atoms with E-state index in [2.05, 4.69) is 4.90 Å². The van der Waals surface area contributed by atoms with Crippen molar-refractivity contribution in [2.45, 2.75) is 25.3 Å². The number of carbonyl (C=O) groups is 1. The Labute approximate surface area is 74.3 Å². The molecule has 12 heavy (non-hydrogen) atoms. The standard InChI is InChI=1S/C9H18N2O/c1-10(2)8-5-4-6-11(3)9(12)7-8/h8H,4-7H2,1-3H3. The van der Waals surface area contributed by atoms with E-state index in [9.17, 15) is 4.79 Å². The maximum absolute atomic E-state index is 11.4. The monoisotopic (exact) mass is 170 g/mol. The molecular weight excluding hydrogens is 152 g/mol. The van der Waals surface area contributed by atoms with Crippen molar-refractivity contribution in [3.63, 3.8) is 0 Å². The Balaban J connectivity index is 2.54. The van der Waals surface area contributed by atoms with Crippen LogP contribution in [0.5, 0.6) is 0 Å². The SMILES string of the molecule is CN1CCCC(N(C)C)CC1=O. The van der Waals surface area contributed by atoms with Crippen molar-refractivity contribution in [3.05, 3.63) is 0 Å². The third-order valence-electron chi connectivity index (χ3n) is 2.60. The Morgan fingerprint density at radius 2 is 2.17 bits per heavy atom. The zero-order valence-electron chi connectivity index (χ0n) is 8.21. The van der Waals surface area contributed by atoms with Crippen molar-refractivity contribution >= 4 is 5.91 Å². The first-order chi connectivity index (χ1) is 5.61. The number of nitrogens with zero attached hydrogens (tertiary/aromatic N) is 2. The van der Waals surface area contributed by atoms with Gasteiger partial charge in [-0.2, -0.15) is 0 Å². The van der Waals surface area contributed by atoms with E-state index in [-0.39, 0.29) is 5.91 Å². The molecule has 1 heterocycles. The van der Waals surface area contributed by atoms with Gasteiger partial charge in [-0.25, -0.2) is 0 Å². The number of rotatable bonds is 1. The summed E-state index contributed by atoms with van der Waals surface area (Å²) in [5, 5.41) is 0. The van der Waals surface area contributed by atoms with Gasteiger partial charge in [0.25, 0.3) is 0 Å². The molecule has 1 atom stereocenters. The van der Waals surface area contributed by atoms with Gasteiger partial charge in [-0.05, 0) is 26.9 Å². The van der Waals surface area contributed by atoms with E-state index in [1.807, 2.05) is 26.0 Å². The minimum Gasteiger partial charge on any atom is -0.346 e. The van der Waals surface area contributed by atoms with Crippen LogP contribution in [0.25, 0.3) is 0 Å². The fourth-order valence-electron chi connectivity index (χ4n) is 1.59. The lowest BCUT2D eigenvalue weighted by molar-refractivity contribution is -0.130. The number of hydrogen-bond acceptors (Lipinski definition) is 2. The Morgan fingerprint density at radius 1 is 1.50 bits per heavy atom. The van der Waals surface area contributed by atoms with Gasteiger partial charge in [0, 0.05) is 26.1 Å². The van der Waals surface area contributed by atoms with Crippen LogP contribution >= 0.6 is 0 Å². The third kappa shape index (κ3) is 2.21. The third-order valence-corrected chi connectivity index (χ3v) is 2.60. The second kappa shape index (κ2) is 3.90. The summed E-state index contributed by atoms with van der Waals surface area (Å²) in [6.45, 7) is 0.920. The predicted molar refractivity (Wildman–Crippen MR) is 49.0 cm³/mol. The molecular formula is C9H18N2O. The van der Waals surface area contributed by atoms with E-state index < -0.39 is 0 Å². The van der Waals surface area contributed by atoms with E-state index in [0.29, 0.717) is 12.5 Å². The van der Waals surface area contributed by atoms with E-state index in [1.54, 1.807) is 0 Å². The fourth-order valence-corrected chi connectivity index (χ4v) is 1.59. The molecule has 3 nitrogen and oxygen atoms in total. The highest BCUT2D eigenvalue weighted by atomic mass is 16.2. The number of amides is 1. The van der Waals surface area contributed by atoms with Gasteiger partial charge in [0.15, 0.2) is 0 Å². The molecule has 3 heteroatoms. The van der Waals surface area contributed by atoms with Crippen LogP contribution in [-0.2, 0) is 4.79 Å². The molecule has 0 N–H and O–H groups in total. The van der Waals surface area contributed by atoms with E-state index >= 15 is 0 Å². The van der Waals surface area contributed by atoms with Gasteiger partial charge in [0.1, 0.15) is 0 Å². The first-order valence-corrected chi connectivity index (χ1v) is 4.51. The summed E-state index contributed by atoms with van der Waals surface area (Å²) >= 11 is 0. The number of likely N-dealkylation sites (tertiary alicyclic amines) is 1. The molecule has 0 radical (unpaired) electrons. The minimum atomic E-state index is 0.284. The molecule has 0 bridgehead atoms. The summed E-state index contributed by atoms with van der Waals surface area (Å²) in [4.78, 5) is 15.4. The van der Waals surface area contributed by atoms with Crippen LogP contribution in [0, 0.1) is 0 Å². The van der Waals surface area contributed by atoms with Crippen molar-refractivity contribution in [2.75, 3.05) is 27.7 Å². The van der Waals surface area contributed by atoms with Crippen LogP contribution in [0.3, 0.4) is 0 Å². The molecule has 1 amide bonds. The van der Waals surface area contributed by atoms with Crippen LogP contribution in [0.2, 0.25) is 0 Å². The molecule has 1 aliphatic rings. The molecule has 1 aliphatic heterocycles. The highest BCUT2D eigenvalue weighted by molar-refractivity contribution is 5.76. The van der Waals surface area contributed by atoms with E-state index in [1.165, 1.54) is 0 Å². The second-order valence-electron chi connectivity index (χ2n) is 3.78. The van der Waals surface area contributed by atoms with Crippen LogP contribution in [-0.4, -0.2) is 49.4 Å². The van der Waals surface area contributed by atoms with Gasteiger partial charge in [-0.1, -0.05) is 0 Å². The lowest BCUT2D eigenvalue weighted by atomic mass is 10.1. The fraction of sp³-hybridized carbons (Fsp3) is 0.889. The Bertz CT molecular complexity index is 168. The number of hydrogen-bond donors (Lipinski definition) is 0. The molecule has 0 aliphatic carbocycles. The predicted octanol–water partition coefficient (Wildman–Crippen LogP) is 0.559. The Kier molecular flexibility index (Phi) is 3.09. The molecule has 1 saturated heterocycles. The van der Waals surface area contributed by atoms with Crippen molar-refractivity contribution < 1.29 is 4.79 Å². The summed E-state index contributed by atoms with van der Waals surface area (Å²) in [6, 6.07) is 0.447. The largest absolute Gasteiger partial charge is 0.346 e. The van der Waals surface area contributed by atoms with Gasteiger partial charge in [-0.15, -0.1) is 0 Å². The summed E-state index contributed by atoms with van der Waals surface area (Å²) in [5.41, 5.74) is 0. The van der Waals surface area contributed by atoms with Gasteiger partial charge < -0.3 is 9.80 Å². The Morgan fingerprint density at radius 3 is 2.75 bits per heavy atom. The average Bonchev–Trinajstić information content (AvgIpc) is 2.15. The molecule has 0 aromatic carbocycles. The normalized spacial score (nSPS) is 26.2. The summed E-state index contributed by atoms with van der Waals surface area (Å²) in [7, 11) is 5.98. The molecule has 70 valence electrons. The van der Waals surface area contributed by atoms with Crippen molar-refractivity contribution in [1.29, 1.82) is 0 Å². The summed E-state index contributed by atoms with van der Waals surface area (Å²) in [6.07, 6.45) is 2.96. The zero-order valence-corrected chi connectivity index (χ0v) is 8.21. The zero-order chi connectivity index (χ0) is 9.14. The van der Waals surface area contributed by atoms with Gasteiger partial charge >= 0.3 is 0 Å². The molecule has 0 aromatic rings. The first kappa shape index (κ1) is 9.52. The van der Waals surface area contributed by atoms with Crippen molar-refractivity contribution in [3.8, 4) is 0 Å². The number of carbonyl (C=O) groups excluding carboxylic acids is 1. The minimum absolute atomic E-state index is 0.284. The highest BCUT2D eigenvalue weighted by Crippen LogP contribution is 2.14. The average molecular weight is 170 g/mol. The quantitative estimate of drug-likeness (QED) is 0.574. The van der Waals surface area contributed by atoms with Crippen LogP contribution < -0.4 is 0 Å². The Hall–Kier alpha value is -0.570. The van der Waals surface area contributed by atoms with Crippen LogP contribution in [0.4, 0.5) is 0 Å². The maximum Gasteiger partial charge on any atom is 0.223 e. The topological polar surface area (TPSA) is 23.6 Å².